The molecule has 26 heavy (non-hydrogen) atoms. The van der Waals surface area contributed by atoms with Gasteiger partial charge in [-0.1, -0.05) is 0 Å². The Balaban J connectivity index is 1.78. The Bertz CT molecular complexity index is 939. The number of pyridine rings is 2. The summed E-state index contributed by atoms with van der Waals surface area (Å²) in [6, 6.07) is 6.18. The average Bonchev–Trinajstić information content (AvgIpc) is 3.03. The molecule has 136 valence electrons. The van der Waals surface area contributed by atoms with Crippen molar-refractivity contribution in [3.63, 3.8) is 0 Å². The van der Waals surface area contributed by atoms with Crippen molar-refractivity contribution in [2.24, 2.45) is 5.73 Å². The monoisotopic (exact) mass is 365 g/mol. The van der Waals surface area contributed by atoms with Crippen molar-refractivity contribution < 1.29 is 22.7 Å². The minimum atomic E-state index is -4.47. The van der Waals surface area contributed by atoms with Crippen molar-refractivity contribution in [2.45, 2.75) is 12.7 Å². The number of nitrogens with one attached hydrogen (secondary N) is 1. The number of anilines is 1. The maximum Gasteiger partial charge on any atom is 0.422 e. The predicted molar refractivity (Wildman–Crippen MR) is 86.8 cm³/mol. The second-order valence-electron chi connectivity index (χ2n) is 5.37. The number of hydrogen-bond donors (Lipinski definition) is 2. The van der Waals surface area contributed by atoms with Crippen molar-refractivity contribution >= 4 is 17.1 Å². The molecule has 10 heteroatoms. The number of halogens is 3. The highest BCUT2D eigenvalue weighted by Crippen LogP contribution is 2.20. The van der Waals surface area contributed by atoms with Gasteiger partial charge in [0.05, 0.1) is 17.3 Å². The minimum Gasteiger partial charge on any atom is -0.468 e. The highest BCUT2D eigenvalue weighted by molar-refractivity contribution is 6.08. The molecule has 3 heterocycles. The van der Waals surface area contributed by atoms with Crippen LogP contribution >= 0.6 is 0 Å². The molecule has 0 fully saturated rings. The van der Waals surface area contributed by atoms with Gasteiger partial charge < -0.3 is 15.8 Å². The number of amides is 1. The van der Waals surface area contributed by atoms with E-state index >= 15 is 0 Å². The number of aromatic nitrogens is 3. The molecule has 3 aromatic heterocycles. The van der Waals surface area contributed by atoms with Crippen molar-refractivity contribution in [1.82, 2.24) is 14.6 Å². The maximum atomic E-state index is 12.5. The smallest absolute Gasteiger partial charge is 0.422 e. The van der Waals surface area contributed by atoms with Gasteiger partial charge in [0.15, 0.2) is 6.61 Å². The zero-order valence-electron chi connectivity index (χ0n) is 13.3. The van der Waals surface area contributed by atoms with Crippen LogP contribution in [-0.2, 0) is 6.54 Å². The molecule has 0 bridgehead atoms. The lowest BCUT2D eigenvalue weighted by atomic mass is 10.2. The highest BCUT2D eigenvalue weighted by atomic mass is 19.4. The first kappa shape index (κ1) is 17.7. The number of hydrogen-bond acceptors (Lipinski definition) is 5. The Morgan fingerprint density at radius 1 is 1.31 bits per heavy atom. The number of ether oxygens (including phenoxy) is 1. The van der Waals surface area contributed by atoms with Crippen LogP contribution in [-0.4, -0.2) is 33.3 Å². The number of rotatable bonds is 5. The van der Waals surface area contributed by atoms with E-state index in [-0.39, 0.29) is 11.6 Å². The van der Waals surface area contributed by atoms with Crippen LogP contribution < -0.4 is 15.8 Å². The predicted octanol–water partition coefficient (Wildman–Crippen LogP) is 2.38. The van der Waals surface area contributed by atoms with Crippen molar-refractivity contribution in [3.05, 3.63) is 54.0 Å². The van der Waals surface area contributed by atoms with Crippen LogP contribution in [0.2, 0.25) is 0 Å². The summed E-state index contributed by atoms with van der Waals surface area (Å²) in [5.74, 6) is -0.715. The molecule has 0 saturated carbocycles. The van der Waals surface area contributed by atoms with Crippen LogP contribution in [0, 0.1) is 0 Å². The molecular weight excluding hydrogens is 351 g/mol. The SMILES string of the molecule is NCc1ccn2ncc(C(=O)Nc3ccnc(OCC(F)(F)F)c3)c2c1. The molecule has 0 aromatic carbocycles. The normalized spacial score (nSPS) is 11.5. The van der Waals surface area contributed by atoms with Crippen molar-refractivity contribution in [2.75, 3.05) is 11.9 Å². The van der Waals surface area contributed by atoms with Gasteiger partial charge in [0.25, 0.3) is 5.91 Å². The van der Waals surface area contributed by atoms with Gasteiger partial charge in [-0.3, -0.25) is 4.79 Å². The van der Waals surface area contributed by atoms with E-state index in [1.165, 1.54) is 29.0 Å². The first-order valence-electron chi connectivity index (χ1n) is 7.49. The number of alkyl halides is 3. The lowest BCUT2D eigenvalue weighted by Gasteiger charge is -2.10. The number of nitrogens with zero attached hydrogens (tertiary/aromatic N) is 3. The second kappa shape index (κ2) is 7.00. The third-order valence-corrected chi connectivity index (χ3v) is 3.44. The molecule has 0 saturated heterocycles. The summed E-state index contributed by atoms with van der Waals surface area (Å²) in [4.78, 5) is 16.2. The highest BCUT2D eigenvalue weighted by Gasteiger charge is 2.28. The van der Waals surface area contributed by atoms with Gasteiger partial charge in [-0.05, 0) is 23.8 Å². The molecule has 0 spiro atoms. The molecule has 0 radical (unpaired) electrons. The first-order chi connectivity index (χ1) is 12.4. The number of fused-ring (bicyclic) bond motifs is 1. The summed E-state index contributed by atoms with van der Waals surface area (Å²) in [6.45, 7) is -1.15. The lowest BCUT2D eigenvalue weighted by molar-refractivity contribution is -0.154. The van der Waals surface area contributed by atoms with E-state index in [0.29, 0.717) is 17.6 Å². The zero-order valence-corrected chi connectivity index (χ0v) is 13.3. The van der Waals surface area contributed by atoms with E-state index in [0.717, 1.165) is 5.56 Å². The number of nitrogens with two attached hydrogens (primary N) is 1. The number of carbonyl (C=O) groups excluding carboxylic acids is 1. The Morgan fingerprint density at radius 2 is 2.12 bits per heavy atom. The van der Waals surface area contributed by atoms with Gasteiger partial charge in [0.1, 0.15) is 0 Å². The topological polar surface area (TPSA) is 94.5 Å². The summed E-state index contributed by atoms with van der Waals surface area (Å²) in [5, 5.41) is 6.67. The fourth-order valence-corrected chi connectivity index (χ4v) is 2.25. The molecular formula is C16H14F3N5O2. The van der Waals surface area contributed by atoms with Crippen molar-refractivity contribution in [3.8, 4) is 5.88 Å². The van der Waals surface area contributed by atoms with Crippen LogP contribution in [0.25, 0.3) is 5.52 Å². The van der Waals surface area contributed by atoms with Gasteiger partial charge in [0.2, 0.25) is 5.88 Å². The molecule has 0 unspecified atom stereocenters. The maximum absolute atomic E-state index is 12.5. The van der Waals surface area contributed by atoms with Crippen LogP contribution in [0.5, 0.6) is 5.88 Å². The second-order valence-corrected chi connectivity index (χ2v) is 5.37. The summed E-state index contributed by atoms with van der Waals surface area (Å²) in [5.41, 5.74) is 7.55. The third-order valence-electron chi connectivity index (χ3n) is 3.44. The summed E-state index contributed by atoms with van der Waals surface area (Å²) in [7, 11) is 0. The first-order valence-corrected chi connectivity index (χ1v) is 7.49. The van der Waals surface area contributed by atoms with Gasteiger partial charge in [0, 0.05) is 30.7 Å². The Morgan fingerprint density at radius 3 is 2.85 bits per heavy atom. The molecule has 3 rings (SSSR count). The van der Waals surface area contributed by atoms with E-state index in [4.69, 9.17) is 5.73 Å². The quantitative estimate of drug-likeness (QED) is 0.724. The fraction of sp³-hybridized carbons (Fsp3) is 0.188. The summed E-state index contributed by atoms with van der Waals surface area (Å²) in [6.07, 6.45) is -0.153. The van der Waals surface area contributed by atoms with E-state index in [9.17, 15) is 18.0 Å². The largest absolute Gasteiger partial charge is 0.468 e. The van der Waals surface area contributed by atoms with Crippen LogP contribution in [0.15, 0.2) is 42.9 Å². The minimum absolute atomic E-state index is 0.245. The van der Waals surface area contributed by atoms with Crippen LogP contribution in [0.4, 0.5) is 18.9 Å². The molecule has 7 nitrogen and oxygen atoms in total. The van der Waals surface area contributed by atoms with Crippen molar-refractivity contribution in [1.29, 1.82) is 0 Å². The van der Waals surface area contributed by atoms with Gasteiger partial charge in [-0.15, -0.1) is 0 Å². The lowest BCUT2D eigenvalue weighted by Crippen LogP contribution is -2.19. The zero-order chi connectivity index (χ0) is 18.7. The van der Waals surface area contributed by atoms with Crippen LogP contribution in [0.3, 0.4) is 0 Å². The Hall–Kier alpha value is -3.14. The van der Waals surface area contributed by atoms with Gasteiger partial charge in [-0.25, -0.2) is 9.50 Å². The Kier molecular flexibility index (Phi) is 4.76. The molecule has 3 N–H and O–H groups in total. The standard InChI is InChI=1S/C16H14F3N5O2/c17-16(18,19)9-26-14-6-11(1-3-21-14)23-15(25)12-8-22-24-4-2-10(7-20)5-13(12)24/h1-6,8H,7,9,20H2,(H,21,23,25). The third kappa shape index (κ3) is 4.09. The fourth-order valence-electron chi connectivity index (χ4n) is 2.25. The van der Waals surface area contributed by atoms with E-state index in [2.05, 4.69) is 20.1 Å². The summed E-state index contributed by atoms with van der Waals surface area (Å²) < 4.78 is 42.7. The van der Waals surface area contributed by atoms with E-state index in [1.807, 2.05) is 0 Å². The van der Waals surface area contributed by atoms with Gasteiger partial charge in [-0.2, -0.15) is 18.3 Å². The van der Waals surface area contributed by atoms with E-state index in [1.54, 1.807) is 18.3 Å². The van der Waals surface area contributed by atoms with Gasteiger partial charge >= 0.3 is 6.18 Å². The molecule has 3 aromatic rings. The van der Waals surface area contributed by atoms with Crippen LogP contribution in [0.1, 0.15) is 15.9 Å². The Labute approximate surface area is 145 Å². The molecule has 1 amide bonds. The number of carbonyl (C=O) groups is 1. The molecule has 0 aliphatic rings. The average molecular weight is 365 g/mol. The van der Waals surface area contributed by atoms with E-state index < -0.39 is 18.7 Å². The molecule has 0 atom stereocenters. The molecule has 0 aliphatic heterocycles. The molecule has 0 aliphatic carbocycles. The summed E-state index contributed by atoms with van der Waals surface area (Å²) >= 11 is 0.